The summed E-state index contributed by atoms with van der Waals surface area (Å²) in [4.78, 5) is 11.4. The van der Waals surface area contributed by atoms with Crippen LogP contribution >= 0.6 is 0 Å². The van der Waals surface area contributed by atoms with E-state index in [1.54, 1.807) is 0 Å². The summed E-state index contributed by atoms with van der Waals surface area (Å²) in [6, 6.07) is 4.30. The topological polar surface area (TPSA) is 111 Å². The molecule has 2 rings (SSSR count). The Morgan fingerprint density at radius 2 is 2.15 bits per heavy atom. The molecule has 4 N–H and O–H groups in total. The average molecular weight is 299 g/mol. The maximum atomic E-state index is 12.1. The van der Waals surface area contributed by atoms with Gasteiger partial charge < -0.3 is 15.8 Å². The summed E-state index contributed by atoms with van der Waals surface area (Å²) < 4.78 is 31.9. The number of nitrogens with two attached hydrogens (primary N) is 1. The molecule has 1 fully saturated rings. The zero-order valence-corrected chi connectivity index (χ0v) is 11.9. The van der Waals surface area contributed by atoms with Crippen LogP contribution in [0.1, 0.15) is 12.8 Å². The first-order valence-electron chi connectivity index (χ1n) is 6.16. The molecule has 7 nitrogen and oxygen atoms in total. The van der Waals surface area contributed by atoms with Crippen molar-refractivity contribution in [3.63, 3.8) is 0 Å². The molecule has 1 aromatic carbocycles. The normalized spacial score (nSPS) is 14.9. The highest BCUT2D eigenvalue weighted by Crippen LogP contribution is 2.29. The van der Waals surface area contributed by atoms with Gasteiger partial charge in [0.2, 0.25) is 15.9 Å². The number of ether oxygens (including phenoxy) is 1. The van der Waals surface area contributed by atoms with E-state index in [0.29, 0.717) is 5.75 Å². The van der Waals surface area contributed by atoms with E-state index in [-0.39, 0.29) is 23.2 Å². The molecule has 0 unspecified atom stereocenters. The molecule has 0 spiro atoms. The van der Waals surface area contributed by atoms with Crippen LogP contribution in [0.4, 0.5) is 5.69 Å². The number of nitrogens with one attached hydrogen (secondary N) is 2. The van der Waals surface area contributed by atoms with Crippen molar-refractivity contribution in [2.24, 2.45) is 5.73 Å². The van der Waals surface area contributed by atoms with Crippen LogP contribution in [-0.2, 0) is 14.8 Å². The third-order valence-electron chi connectivity index (χ3n) is 2.84. The van der Waals surface area contributed by atoms with E-state index in [4.69, 9.17) is 10.5 Å². The third kappa shape index (κ3) is 3.47. The van der Waals surface area contributed by atoms with E-state index in [2.05, 4.69) is 10.0 Å². The highest BCUT2D eigenvalue weighted by atomic mass is 32.2. The Hall–Kier alpha value is -1.64. The lowest BCUT2D eigenvalue weighted by atomic mass is 10.3. The van der Waals surface area contributed by atoms with Gasteiger partial charge in [0, 0.05) is 6.04 Å². The molecular weight excluding hydrogens is 282 g/mol. The first kappa shape index (κ1) is 14.8. The van der Waals surface area contributed by atoms with Crippen molar-refractivity contribution in [3.8, 4) is 5.75 Å². The number of anilines is 1. The first-order chi connectivity index (χ1) is 9.46. The molecule has 8 heteroatoms. The number of hydrogen-bond donors (Lipinski definition) is 3. The van der Waals surface area contributed by atoms with Gasteiger partial charge in [0.15, 0.2) is 0 Å². The minimum absolute atomic E-state index is 0.0178. The summed E-state index contributed by atoms with van der Waals surface area (Å²) in [6.45, 7) is -0.194. The fourth-order valence-corrected chi connectivity index (χ4v) is 2.97. The number of hydrogen-bond acceptors (Lipinski definition) is 5. The number of methoxy groups -OCH3 is 1. The van der Waals surface area contributed by atoms with Crippen LogP contribution in [0.15, 0.2) is 23.1 Å². The van der Waals surface area contributed by atoms with Gasteiger partial charge in [-0.15, -0.1) is 0 Å². The fourth-order valence-electron chi connectivity index (χ4n) is 1.64. The monoisotopic (exact) mass is 299 g/mol. The fraction of sp³-hybridized carbons (Fsp3) is 0.417. The van der Waals surface area contributed by atoms with Crippen LogP contribution in [0, 0.1) is 0 Å². The highest BCUT2D eigenvalue weighted by Gasteiger charge is 2.28. The minimum atomic E-state index is -3.58. The van der Waals surface area contributed by atoms with Crippen molar-refractivity contribution < 1.29 is 17.9 Å². The van der Waals surface area contributed by atoms with E-state index in [1.165, 1.54) is 25.3 Å². The standard InChI is InChI=1S/C12H17N3O4S/c1-19-11-5-4-9(6-10(11)14-12(16)7-13)20(17,18)15-8-2-3-8/h4-6,8,15H,2-3,7,13H2,1H3,(H,14,16). The van der Waals surface area contributed by atoms with Gasteiger partial charge in [0.05, 0.1) is 24.2 Å². The van der Waals surface area contributed by atoms with Crippen LogP contribution < -0.4 is 20.5 Å². The number of sulfonamides is 1. The minimum Gasteiger partial charge on any atom is -0.495 e. The quantitative estimate of drug-likeness (QED) is 0.686. The van der Waals surface area contributed by atoms with Crippen molar-refractivity contribution in [2.75, 3.05) is 19.0 Å². The third-order valence-corrected chi connectivity index (χ3v) is 4.36. The average Bonchev–Trinajstić information content (AvgIpc) is 3.21. The Bertz CT molecular complexity index is 611. The molecular formula is C12H17N3O4S. The van der Waals surface area contributed by atoms with Gasteiger partial charge in [-0.25, -0.2) is 13.1 Å². The van der Waals surface area contributed by atoms with E-state index in [9.17, 15) is 13.2 Å². The van der Waals surface area contributed by atoms with Crippen LogP contribution in [0.2, 0.25) is 0 Å². The lowest BCUT2D eigenvalue weighted by Crippen LogP contribution is -2.26. The number of rotatable bonds is 6. The summed E-state index contributed by atoms with van der Waals surface area (Å²) in [6.07, 6.45) is 1.71. The Labute approximate surface area is 117 Å². The van der Waals surface area contributed by atoms with Gasteiger partial charge in [-0.05, 0) is 31.0 Å². The van der Waals surface area contributed by atoms with Crippen LogP contribution in [-0.4, -0.2) is 34.0 Å². The number of carbonyl (C=O) groups is 1. The van der Waals surface area contributed by atoms with Gasteiger partial charge in [-0.1, -0.05) is 0 Å². The second kappa shape index (κ2) is 5.78. The molecule has 1 saturated carbocycles. The Morgan fingerprint density at radius 1 is 1.45 bits per heavy atom. The molecule has 20 heavy (non-hydrogen) atoms. The smallest absolute Gasteiger partial charge is 0.240 e. The summed E-state index contributed by atoms with van der Waals surface area (Å²) >= 11 is 0. The largest absolute Gasteiger partial charge is 0.495 e. The van der Waals surface area contributed by atoms with Crippen molar-refractivity contribution >= 4 is 21.6 Å². The van der Waals surface area contributed by atoms with Gasteiger partial charge in [0.1, 0.15) is 5.75 Å². The molecule has 0 aromatic heterocycles. The van der Waals surface area contributed by atoms with E-state index >= 15 is 0 Å². The second-order valence-corrected chi connectivity index (χ2v) is 6.22. The Balaban J connectivity index is 2.30. The summed E-state index contributed by atoms with van der Waals surface area (Å²) in [7, 11) is -2.14. The van der Waals surface area contributed by atoms with Crippen LogP contribution in [0.25, 0.3) is 0 Å². The predicted molar refractivity (Wildman–Crippen MR) is 74.0 cm³/mol. The van der Waals surface area contributed by atoms with Gasteiger partial charge in [0.25, 0.3) is 0 Å². The summed E-state index contributed by atoms with van der Waals surface area (Å²) in [5, 5.41) is 2.51. The second-order valence-electron chi connectivity index (χ2n) is 4.51. The summed E-state index contributed by atoms with van der Waals surface area (Å²) in [5.74, 6) is -0.0508. The highest BCUT2D eigenvalue weighted by molar-refractivity contribution is 7.89. The molecule has 110 valence electrons. The maximum absolute atomic E-state index is 12.1. The predicted octanol–water partition coefficient (Wildman–Crippen LogP) is 0.0331. The van der Waals surface area contributed by atoms with Gasteiger partial charge in [-0.2, -0.15) is 0 Å². The summed E-state index contributed by atoms with van der Waals surface area (Å²) in [5.41, 5.74) is 5.51. The van der Waals surface area contributed by atoms with Gasteiger partial charge >= 0.3 is 0 Å². The number of amides is 1. The zero-order valence-electron chi connectivity index (χ0n) is 11.0. The SMILES string of the molecule is COc1ccc(S(=O)(=O)NC2CC2)cc1NC(=O)CN. The first-order valence-corrected chi connectivity index (χ1v) is 7.65. The maximum Gasteiger partial charge on any atom is 0.240 e. The lowest BCUT2D eigenvalue weighted by molar-refractivity contribution is -0.114. The molecule has 0 bridgehead atoms. The van der Waals surface area contributed by atoms with Gasteiger partial charge in [-0.3, -0.25) is 4.79 Å². The molecule has 1 aliphatic rings. The molecule has 0 atom stereocenters. The van der Waals surface area contributed by atoms with Crippen molar-refractivity contribution in [1.82, 2.24) is 4.72 Å². The van der Waals surface area contributed by atoms with Crippen LogP contribution in [0.5, 0.6) is 5.75 Å². The molecule has 0 radical (unpaired) electrons. The molecule has 1 amide bonds. The molecule has 0 saturated heterocycles. The Morgan fingerprint density at radius 3 is 2.70 bits per heavy atom. The molecule has 1 aromatic rings. The van der Waals surface area contributed by atoms with Crippen molar-refractivity contribution in [2.45, 2.75) is 23.8 Å². The zero-order chi connectivity index (χ0) is 14.8. The van der Waals surface area contributed by atoms with Crippen LogP contribution in [0.3, 0.4) is 0 Å². The molecule has 1 aliphatic carbocycles. The Kier molecular flexibility index (Phi) is 4.26. The van der Waals surface area contributed by atoms with Crippen molar-refractivity contribution in [3.05, 3.63) is 18.2 Å². The van der Waals surface area contributed by atoms with E-state index in [0.717, 1.165) is 12.8 Å². The lowest BCUT2D eigenvalue weighted by Gasteiger charge is -2.12. The molecule has 0 heterocycles. The van der Waals surface area contributed by atoms with Crippen molar-refractivity contribution in [1.29, 1.82) is 0 Å². The number of benzene rings is 1. The van der Waals surface area contributed by atoms with E-state index in [1.807, 2.05) is 0 Å². The van der Waals surface area contributed by atoms with E-state index < -0.39 is 15.9 Å². The number of carbonyl (C=O) groups excluding carboxylic acids is 1. The molecule has 0 aliphatic heterocycles.